The van der Waals surface area contributed by atoms with Crippen LogP contribution in [-0.2, 0) is 21.8 Å². The van der Waals surface area contributed by atoms with E-state index >= 15 is 0 Å². The molecule has 1 aliphatic heterocycles. The first-order valence-electron chi connectivity index (χ1n) is 6.74. The molecular weight excluding hydrogens is 349 g/mol. The molecule has 0 spiro atoms. The second kappa shape index (κ2) is 7.50. The molecule has 0 radical (unpaired) electrons. The Balaban J connectivity index is 2.08. The average molecular weight is 366 g/mol. The Kier molecular flexibility index (Phi) is 5.91. The minimum atomic E-state index is -3.70. The van der Waals surface area contributed by atoms with E-state index in [9.17, 15) is 13.2 Å². The normalized spacial score (nSPS) is 15.2. The molecule has 2 N–H and O–H groups in total. The summed E-state index contributed by atoms with van der Waals surface area (Å²) in [5.74, 6) is 0.257. The summed E-state index contributed by atoms with van der Waals surface area (Å²) in [6, 6.07) is 4.71. The minimum absolute atomic E-state index is 0.0632. The van der Waals surface area contributed by atoms with Crippen LogP contribution in [0.1, 0.15) is 11.1 Å². The van der Waals surface area contributed by atoms with Gasteiger partial charge in [-0.15, -0.1) is 23.2 Å². The molecule has 22 heavy (non-hydrogen) atoms. The first-order chi connectivity index (χ1) is 10.5. The minimum Gasteiger partial charge on any atom is -0.336 e. The highest BCUT2D eigenvalue weighted by molar-refractivity contribution is 7.89. The van der Waals surface area contributed by atoms with Crippen molar-refractivity contribution in [1.29, 1.82) is 0 Å². The summed E-state index contributed by atoms with van der Waals surface area (Å²) in [6.45, 7) is 1.62. The molecule has 2 rings (SSSR count). The average Bonchev–Trinajstić information content (AvgIpc) is 2.91. The van der Waals surface area contributed by atoms with Gasteiger partial charge in [-0.1, -0.05) is 12.1 Å². The lowest BCUT2D eigenvalue weighted by atomic mass is 10.1. The third-order valence-corrected chi connectivity index (χ3v) is 5.52. The molecule has 1 saturated heterocycles. The Morgan fingerprint density at radius 2 is 2.05 bits per heavy atom. The molecule has 0 saturated carbocycles. The van der Waals surface area contributed by atoms with Gasteiger partial charge < -0.3 is 10.2 Å². The molecule has 2 amide bonds. The number of hydrogen-bond donors (Lipinski definition) is 2. The largest absolute Gasteiger partial charge is 0.336 e. The van der Waals surface area contributed by atoms with Crippen LogP contribution in [-0.4, -0.2) is 45.5 Å². The van der Waals surface area contributed by atoms with E-state index in [2.05, 4.69) is 10.0 Å². The van der Waals surface area contributed by atoms with Gasteiger partial charge >= 0.3 is 6.03 Å². The van der Waals surface area contributed by atoms with Gasteiger partial charge in [-0.2, -0.15) is 0 Å². The van der Waals surface area contributed by atoms with Crippen molar-refractivity contribution in [3.8, 4) is 0 Å². The zero-order chi connectivity index (χ0) is 16.2. The van der Waals surface area contributed by atoms with Gasteiger partial charge in [-0.25, -0.2) is 17.9 Å². The third-order valence-electron chi connectivity index (χ3n) is 3.42. The van der Waals surface area contributed by atoms with Gasteiger partial charge in [-0.05, 0) is 17.2 Å². The quantitative estimate of drug-likeness (QED) is 0.718. The lowest BCUT2D eigenvalue weighted by Crippen LogP contribution is -2.37. The number of benzene rings is 1. The van der Waals surface area contributed by atoms with Gasteiger partial charge in [0, 0.05) is 37.9 Å². The Labute approximate surface area is 139 Å². The fourth-order valence-electron chi connectivity index (χ4n) is 2.26. The van der Waals surface area contributed by atoms with E-state index < -0.39 is 10.0 Å². The first-order valence-corrected chi connectivity index (χ1v) is 9.30. The standard InChI is InChI=1S/C13H17Cl2N3O3S/c14-8-10-2-1-3-12(11(10)9-15)22(20,21)17-5-7-18-6-4-16-13(18)19/h1-3,17H,4-9H2,(H,16,19). The predicted octanol–water partition coefficient (Wildman–Crippen LogP) is 1.47. The second-order valence-corrected chi connectivity index (χ2v) is 7.05. The maximum Gasteiger partial charge on any atom is 0.317 e. The van der Waals surface area contributed by atoms with Gasteiger partial charge in [0.15, 0.2) is 0 Å². The highest BCUT2D eigenvalue weighted by Crippen LogP contribution is 2.23. The number of rotatable bonds is 7. The maximum atomic E-state index is 12.4. The molecule has 0 aliphatic carbocycles. The number of halogens is 2. The van der Waals surface area contributed by atoms with Crippen LogP contribution in [0.2, 0.25) is 0 Å². The zero-order valence-electron chi connectivity index (χ0n) is 11.8. The lowest BCUT2D eigenvalue weighted by Gasteiger charge is -2.16. The third kappa shape index (κ3) is 3.84. The fourth-order valence-corrected chi connectivity index (χ4v) is 4.20. The number of hydrogen-bond acceptors (Lipinski definition) is 3. The Hall–Kier alpha value is -1.02. The van der Waals surface area contributed by atoms with Crippen molar-refractivity contribution in [3.63, 3.8) is 0 Å². The van der Waals surface area contributed by atoms with Crippen molar-refractivity contribution in [2.24, 2.45) is 0 Å². The summed E-state index contributed by atoms with van der Waals surface area (Å²) in [5.41, 5.74) is 1.20. The predicted molar refractivity (Wildman–Crippen MR) is 85.7 cm³/mol. The number of amides is 2. The van der Waals surface area contributed by atoms with Gasteiger partial charge in [-0.3, -0.25) is 0 Å². The molecule has 1 aromatic rings. The van der Waals surface area contributed by atoms with Gasteiger partial charge in [0.25, 0.3) is 0 Å². The number of nitrogens with zero attached hydrogens (tertiary/aromatic N) is 1. The van der Waals surface area contributed by atoms with Crippen LogP contribution in [0.15, 0.2) is 23.1 Å². The second-order valence-electron chi connectivity index (χ2n) is 4.78. The fraction of sp³-hybridized carbons (Fsp3) is 0.462. The van der Waals surface area contributed by atoms with Crippen LogP contribution in [0.5, 0.6) is 0 Å². The van der Waals surface area contributed by atoms with Crippen LogP contribution in [0.3, 0.4) is 0 Å². The Morgan fingerprint density at radius 1 is 1.27 bits per heavy atom. The first kappa shape index (κ1) is 17.3. The highest BCUT2D eigenvalue weighted by Gasteiger charge is 2.22. The SMILES string of the molecule is O=C1NCCN1CCNS(=O)(=O)c1cccc(CCl)c1CCl. The molecule has 1 aromatic carbocycles. The molecule has 0 atom stereocenters. The number of urea groups is 1. The molecule has 0 unspecified atom stereocenters. The molecule has 122 valence electrons. The van der Waals surface area contributed by atoms with E-state index in [1.165, 1.54) is 6.07 Å². The van der Waals surface area contributed by atoms with Gasteiger partial charge in [0.05, 0.1) is 4.90 Å². The molecule has 1 fully saturated rings. The van der Waals surface area contributed by atoms with Crippen LogP contribution in [0, 0.1) is 0 Å². The van der Waals surface area contributed by atoms with Gasteiger partial charge in [0.1, 0.15) is 0 Å². The highest BCUT2D eigenvalue weighted by atomic mass is 35.5. The molecule has 0 aromatic heterocycles. The van der Waals surface area contributed by atoms with Crippen LogP contribution < -0.4 is 10.0 Å². The van der Waals surface area contributed by atoms with Crippen molar-refractivity contribution in [3.05, 3.63) is 29.3 Å². The monoisotopic (exact) mass is 365 g/mol. The Bertz CT molecular complexity index is 652. The van der Waals surface area contributed by atoms with Crippen LogP contribution in [0.25, 0.3) is 0 Å². The summed E-state index contributed by atoms with van der Waals surface area (Å²) in [4.78, 5) is 13.1. The van der Waals surface area contributed by atoms with E-state index in [4.69, 9.17) is 23.2 Å². The summed E-state index contributed by atoms with van der Waals surface area (Å²) in [7, 11) is -3.70. The van der Waals surface area contributed by atoms with Crippen LogP contribution in [0.4, 0.5) is 4.79 Å². The number of carbonyl (C=O) groups is 1. The number of sulfonamides is 1. The number of nitrogens with one attached hydrogen (secondary N) is 2. The summed E-state index contributed by atoms with van der Waals surface area (Å²) < 4.78 is 27.3. The van der Waals surface area contributed by atoms with E-state index in [0.29, 0.717) is 30.8 Å². The number of alkyl halides is 2. The van der Waals surface area contributed by atoms with Crippen molar-refractivity contribution in [2.75, 3.05) is 26.2 Å². The lowest BCUT2D eigenvalue weighted by molar-refractivity contribution is 0.218. The van der Waals surface area contributed by atoms with Gasteiger partial charge in [0.2, 0.25) is 10.0 Å². The van der Waals surface area contributed by atoms with E-state index in [-0.39, 0.29) is 29.2 Å². The smallest absolute Gasteiger partial charge is 0.317 e. The molecule has 0 bridgehead atoms. The summed E-state index contributed by atoms with van der Waals surface area (Å²) in [5, 5.41) is 2.66. The van der Waals surface area contributed by atoms with Crippen molar-refractivity contribution >= 4 is 39.3 Å². The maximum absolute atomic E-state index is 12.4. The molecule has 1 heterocycles. The number of carbonyl (C=O) groups excluding carboxylic acids is 1. The van der Waals surface area contributed by atoms with E-state index in [1.807, 2.05) is 0 Å². The topological polar surface area (TPSA) is 78.5 Å². The van der Waals surface area contributed by atoms with E-state index in [0.717, 1.165) is 0 Å². The molecule has 6 nitrogen and oxygen atoms in total. The van der Waals surface area contributed by atoms with Crippen LogP contribution >= 0.6 is 23.2 Å². The summed E-state index contributed by atoms with van der Waals surface area (Å²) in [6.07, 6.45) is 0. The van der Waals surface area contributed by atoms with Crippen molar-refractivity contribution in [1.82, 2.24) is 14.9 Å². The molecule has 1 aliphatic rings. The van der Waals surface area contributed by atoms with E-state index in [1.54, 1.807) is 17.0 Å². The Morgan fingerprint density at radius 3 is 2.64 bits per heavy atom. The molecular formula is C13H17Cl2N3O3S. The summed E-state index contributed by atoms with van der Waals surface area (Å²) >= 11 is 11.7. The molecule has 9 heteroatoms. The van der Waals surface area contributed by atoms with Crippen molar-refractivity contribution in [2.45, 2.75) is 16.7 Å². The van der Waals surface area contributed by atoms with Crippen molar-refractivity contribution < 1.29 is 13.2 Å². The zero-order valence-corrected chi connectivity index (χ0v) is 14.1.